The minimum Gasteiger partial charge on any atom is -0.481 e. The second-order valence-corrected chi connectivity index (χ2v) is 8.48. The van der Waals surface area contributed by atoms with Crippen molar-refractivity contribution < 1.29 is 9.53 Å². The molecule has 1 fully saturated rings. The second kappa shape index (κ2) is 9.46. The molecule has 0 radical (unpaired) electrons. The predicted molar refractivity (Wildman–Crippen MR) is 131 cm³/mol. The quantitative estimate of drug-likeness (QED) is 0.415. The average Bonchev–Trinajstić information content (AvgIpc) is 3.30. The highest BCUT2D eigenvalue weighted by Gasteiger charge is 2.21. The monoisotopic (exact) mass is 457 g/mol. The third kappa shape index (κ3) is 4.54. The van der Waals surface area contributed by atoms with Gasteiger partial charge in [0.25, 0.3) is 0 Å². The molecule has 3 aromatic heterocycles. The summed E-state index contributed by atoms with van der Waals surface area (Å²) in [6, 6.07) is 11.6. The fourth-order valence-corrected chi connectivity index (χ4v) is 4.37. The molecule has 0 aliphatic heterocycles. The maximum atomic E-state index is 11.3. The van der Waals surface area contributed by atoms with E-state index in [0.29, 0.717) is 23.6 Å². The normalized spacial score (nSPS) is 14.2. The zero-order valence-electron chi connectivity index (χ0n) is 19.3. The van der Waals surface area contributed by atoms with Crippen molar-refractivity contribution in [1.82, 2.24) is 24.5 Å². The Morgan fingerprint density at radius 1 is 1.00 bits per heavy atom. The van der Waals surface area contributed by atoms with Gasteiger partial charge in [-0.25, -0.2) is 19.9 Å². The van der Waals surface area contributed by atoms with E-state index in [-0.39, 0.29) is 5.91 Å². The summed E-state index contributed by atoms with van der Waals surface area (Å²) in [7, 11) is 1.59. The molecule has 0 saturated heterocycles. The molecule has 1 aromatic carbocycles. The average molecular weight is 458 g/mol. The summed E-state index contributed by atoms with van der Waals surface area (Å²) in [6.45, 7) is 1.49. The van der Waals surface area contributed by atoms with Crippen LogP contribution in [0.15, 0.2) is 48.9 Å². The van der Waals surface area contributed by atoms with E-state index in [0.717, 1.165) is 40.9 Å². The van der Waals surface area contributed by atoms with Crippen LogP contribution < -0.4 is 15.4 Å². The van der Waals surface area contributed by atoms with Crippen LogP contribution in [0.5, 0.6) is 5.88 Å². The molecule has 1 aliphatic rings. The number of rotatable bonds is 6. The summed E-state index contributed by atoms with van der Waals surface area (Å²) in [4.78, 5) is 30.0. The summed E-state index contributed by atoms with van der Waals surface area (Å²) in [6.07, 6.45) is 9.57. The van der Waals surface area contributed by atoms with Gasteiger partial charge in [-0.1, -0.05) is 19.3 Å². The fourth-order valence-electron chi connectivity index (χ4n) is 4.37. The predicted octanol–water partition coefficient (Wildman–Crippen LogP) is 5.10. The van der Waals surface area contributed by atoms with E-state index in [1.165, 1.54) is 26.2 Å². The summed E-state index contributed by atoms with van der Waals surface area (Å²) >= 11 is 0. The third-order valence-corrected chi connectivity index (χ3v) is 6.06. The first-order chi connectivity index (χ1) is 16.6. The molecule has 3 heterocycles. The van der Waals surface area contributed by atoms with E-state index in [4.69, 9.17) is 19.7 Å². The number of hydrogen-bond acceptors (Lipinski definition) is 7. The van der Waals surface area contributed by atoms with Crippen molar-refractivity contribution in [2.24, 2.45) is 0 Å². The van der Waals surface area contributed by atoms with Crippen LogP contribution in [-0.2, 0) is 4.79 Å². The van der Waals surface area contributed by atoms with Crippen molar-refractivity contribution in [2.75, 3.05) is 17.7 Å². The minimum atomic E-state index is -0.107. The van der Waals surface area contributed by atoms with Crippen molar-refractivity contribution >= 4 is 34.3 Å². The Balaban J connectivity index is 1.56. The summed E-state index contributed by atoms with van der Waals surface area (Å²) in [5.74, 6) is 1.62. The SMILES string of the molecule is COc1ccc(-c2nc(Nc3ccc(NC(C)=O)cc3)c3ncn(C4CCCCC4)c3n2)cn1. The number of aromatic nitrogens is 5. The van der Waals surface area contributed by atoms with Crippen molar-refractivity contribution in [3.8, 4) is 17.3 Å². The Hall–Kier alpha value is -4.01. The van der Waals surface area contributed by atoms with Crippen molar-refractivity contribution in [1.29, 1.82) is 0 Å². The van der Waals surface area contributed by atoms with E-state index in [1.807, 2.05) is 36.7 Å². The number of anilines is 3. The molecule has 0 bridgehead atoms. The molecule has 1 amide bonds. The molecule has 34 heavy (non-hydrogen) atoms. The fraction of sp³-hybridized carbons (Fsp3) is 0.320. The summed E-state index contributed by atoms with van der Waals surface area (Å²) in [5, 5.41) is 6.17. The van der Waals surface area contributed by atoms with Crippen molar-refractivity contribution in [2.45, 2.75) is 45.1 Å². The molecule has 174 valence electrons. The number of nitrogens with one attached hydrogen (secondary N) is 2. The standard InChI is InChI=1S/C25H27N7O2/c1-16(33)28-18-9-11-19(12-10-18)29-24-22-25(32(15-27-22)20-6-4-3-5-7-20)31-23(30-24)17-8-13-21(34-2)26-14-17/h8-15,20H,3-7H2,1-2H3,(H,28,33)(H,29,30,31). The molecule has 2 N–H and O–H groups in total. The number of nitrogens with zero attached hydrogens (tertiary/aromatic N) is 5. The van der Waals surface area contributed by atoms with Gasteiger partial charge >= 0.3 is 0 Å². The van der Waals surface area contributed by atoms with E-state index in [2.05, 4.69) is 20.2 Å². The van der Waals surface area contributed by atoms with E-state index >= 15 is 0 Å². The number of carbonyl (C=O) groups is 1. The summed E-state index contributed by atoms with van der Waals surface area (Å²) < 4.78 is 7.39. The number of ether oxygens (including phenoxy) is 1. The van der Waals surface area contributed by atoms with Crippen molar-refractivity contribution in [3.63, 3.8) is 0 Å². The molecule has 1 saturated carbocycles. The minimum absolute atomic E-state index is 0.107. The van der Waals surface area contributed by atoms with E-state index in [1.54, 1.807) is 19.4 Å². The Bertz CT molecular complexity index is 1290. The molecule has 0 unspecified atom stereocenters. The number of amides is 1. The van der Waals surface area contributed by atoms with Crippen LogP contribution >= 0.6 is 0 Å². The van der Waals surface area contributed by atoms with Crippen LogP contribution in [0.1, 0.15) is 45.1 Å². The largest absolute Gasteiger partial charge is 0.481 e. The Morgan fingerprint density at radius 2 is 1.76 bits per heavy atom. The van der Waals surface area contributed by atoms with Gasteiger partial charge < -0.3 is 19.9 Å². The maximum absolute atomic E-state index is 11.3. The van der Waals surface area contributed by atoms with Gasteiger partial charge in [0.15, 0.2) is 22.8 Å². The first-order valence-electron chi connectivity index (χ1n) is 11.5. The smallest absolute Gasteiger partial charge is 0.221 e. The second-order valence-electron chi connectivity index (χ2n) is 8.48. The number of methoxy groups -OCH3 is 1. The molecule has 9 heteroatoms. The number of benzene rings is 1. The number of imidazole rings is 1. The number of hydrogen-bond donors (Lipinski definition) is 2. The van der Waals surface area contributed by atoms with Crippen LogP contribution in [0.25, 0.3) is 22.6 Å². The lowest BCUT2D eigenvalue weighted by Gasteiger charge is -2.23. The van der Waals surface area contributed by atoms with Gasteiger partial charge in [-0.05, 0) is 43.2 Å². The Kier molecular flexibility index (Phi) is 6.07. The van der Waals surface area contributed by atoms with Crippen molar-refractivity contribution in [3.05, 3.63) is 48.9 Å². The molecule has 0 spiro atoms. The molecule has 0 atom stereocenters. The number of carbonyl (C=O) groups excluding carboxylic acids is 1. The van der Waals surface area contributed by atoms with Crippen LogP contribution in [0.3, 0.4) is 0 Å². The lowest BCUT2D eigenvalue weighted by Crippen LogP contribution is -2.12. The zero-order chi connectivity index (χ0) is 23.5. The maximum Gasteiger partial charge on any atom is 0.221 e. The first kappa shape index (κ1) is 21.8. The number of pyridine rings is 1. The zero-order valence-corrected chi connectivity index (χ0v) is 19.3. The van der Waals surface area contributed by atoms with Crippen LogP contribution in [0, 0.1) is 0 Å². The molecule has 1 aliphatic carbocycles. The molecular formula is C25H27N7O2. The van der Waals surface area contributed by atoms with Crippen LogP contribution in [-0.4, -0.2) is 37.5 Å². The molecule has 5 rings (SSSR count). The van der Waals surface area contributed by atoms with Crippen LogP contribution in [0.2, 0.25) is 0 Å². The molecular weight excluding hydrogens is 430 g/mol. The Labute approximate surface area is 197 Å². The molecule has 4 aromatic rings. The number of fused-ring (bicyclic) bond motifs is 1. The summed E-state index contributed by atoms with van der Waals surface area (Å²) in [5.41, 5.74) is 3.90. The lowest BCUT2D eigenvalue weighted by atomic mass is 9.95. The highest BCUT2D eigenvalue weighted by atomic mass is 16.5. The molecule has 9 nitrogen and oxygen atoms in total. The highest BCUT2D eigenvalue weighted by Crippen LogP contribution is 2.33. The lowest BCUT2D eigenvalue weighted by molar-refractivity contribution is -0.114. The first-order valence-corrected chi connectivity index (χ1v) is 11.5. The third-order valence-electron chi connectivity index (χ3n) is 6.06. The van der Waals surface area contributed by atoms with Gasteiger partial charge in [0.1, 0.15) is 0 Å². The van der Waals surface area contributed by atoms with Gasteiger partial charge in [0.2, 0.25) is 11.8 Å². The van der Waals surface area contributed by atoms with E-state index < -0.39 is 0 Å². The van der Waals surface area contributed by atoms with E-state index in [9.17, 15) is 4.79 Å². The van der Waals surface area contributed by atoms with Gasteiger partial charge in [-0.3, -0.25) is 4.79 Å². The van der Waals surface area contributed by atoms with Gasteiger partial charge in [-0.15, -0.1) is 0 Å². The van der Waals surface area contributed by atoms with Gasteiger partial charge in [0.05, 0.1) is 13.4 Å². The van der Waals surface area contributed by atoms with Crippen LogP contribution in [0.4, 0.5) is 17.2 Å². The topological polar surface area (TPSA) is 107 Å². The highest BCUT2D eigenvalue weighted by molar-refractivity contribution is 5.90. The van der Waals surface area contributed by atoms with Gasteiger partial charge in [0, 0.05) is 42.2 Å². The Morgan fingerprint density at radius 3 is 2.44 bits per heavy atom. The van der Waals surface area contributed by atoms with Gasteiger partial charge in [-0.2, -0.15) is 0 Å².